The fourth-order valence-corrected chi connectivity index (χ4v) is 5.59. The number of carbonyl (C=O) groups excluding carboxylic acids is 1. The second-order valence-electron chi connectivity index (χ2n) is 8.62. The summed E-state index contributed by atoms with van der Waals surface area (Å²) < 4.78 is 14.6. The Bertz CT molecular complexity index is 712. The topological polar surface area (TPSA) is 55.8 Å². The Labute approximate surface area is 160 Å². The van der Waals surface area contributed by atoms with Crippen molar-refractivity contribution in [3.8, 4) is 0 Å². The number of nitrogens with zero attached hydrogens (tertiary/aromatic N) is 2. The summed E-state index contributed by atoms with van der Waals surface area (Å²) in [6, 6.07) is 4.77. The van der Waals surface area contributed by atoms with Crippen molar-refractivity contribution in [2.24, 2.45) is 5.92 Å². The molecule has 3 heterocycles. The number of amides is 1. The SMILES string of the molecule is CC[C@@H]1Cc2c(F)cc(C(=O)NO)cc2CN1CC1CC2CCC(C1)N2C. The number of rotatable bonds is 4. The quantitative estimate of drug-likeness (QED) is 0.628. The van der Waals surface area contributed by atoms with E-state index in [-0.39, 0.29) is 11.4 Å². The summed E-state index contributed by atoms with van der Waals surface area (Å²) >= 11 is 0. The van der Waals surface area contributed by atoms with E-state index in [0.29, 0.717) is 24.9 Å². The Morgan fingerprint density at radius 1 is 1.30 bits per heavy atom. The average molecular weight is 375 g/mol. The van der Waals surface area contributed by atoms with Crippen LogP contribution in [0, 0.1) is 11.7 Å². The van der Waals surface area contributed by atoms with Crippen LogP contribution in [0.3, 0.4) is 0 Å². The number of benzene rings is 1. The summed E-state index contributed by atoms with van der Waals surface area (Å²) in [6.45, 7) is 3.91. The molecule has 3 aliphatic rings. The third kappa shape index (κ3) is 3.50. The van der Waals surface area contributed by atoms with Crippen LogP contribution in [-0.4, -0.2) is 52.6 Å². The summed E-state index contributed by atoms with van der Waals surface area (Å²) in [5.74, 6) is -0.294. The fraction of sp³-hybridized carbons (Fsp3) is 0.667. The number of hydrogen-bond acceptors (Lipinski definition) is 4. The van der Waals surface area contributed by atoms with Gasteiger partial charge in [0.05, 0.1) is 0 Å². The van der Waals surface area contributed by atoms with Gasteiger partial charge in [-0.15, -0.1) is 0 Å². The van der Waals surface area contributed by atoms with E-state index in [4.69, 9.17) is 5.21 Å². The first-order valence-electron chi connectivity index (χ1n) is 10.2. The van der Waals surface area contributed by atoms with Crippen LogP contribution in [0.25, 0.3) is 0 Å². The molecule has 0 radical (unpaired) electrons. The summed E-state index contributed by atoms with van der Waals surface area (Å²) in [5, 5.41) is 8.87. The molecule has 148 valence electrons. The smallest absolute Gasteiger partial charge is 0.274 e. The lowest BCUT2D eigenvalue weighted by molar-refractivity contribution is 0.0702. The highest BCUT2D eigenvalue weighted by Gasteiger charge is 2.39. The number of nitrogens with one attached hydrogen (secondary N) is 1. The van der Waals surface area contributed by atoms with Crippen LogP contribution in [0.15, 0.2) is 12.1 Å². The zero-order valence-electron chi connectivity index (χ0n) is 16.2. The molecular formula is C21H30FN3O2. The zero-order chi connectivity index (χ0) is 19.1. The van der Waals surface area contributed by atoms with Crippen molar-refractivity contribution in [2.75, 3.05) is 13.6 Å². The van der Waals surface area contributed by atoms with Gasteiger partial charge in [-0.1, -0.05) is 6.92 Å². The van der Waals surface area contributed by atoms with Gasteiger partial charge in [0, 0.05) is 36.8 Å². The van der Waals surface area contributed by atoms with E-state index in [9.17, 15) is 9.18 Å². The number of hydroxylamine groups is 1. The van der Waals surface area contributed by atoms with Crippen molar-refractivity contribution in [1.29, 1.82) is 0 Å². The normalized spacial score (nSPS) is 31.0. The van der Waals surface area contributed by atoms with Crippen molar-refractivity contribution in [2.45, 2.75) is 70.1 Å². The molecule has 2 fully saturated rings. The van der Waals surface area contributed by atoms with Gasteiger partial charge in [-0.3, -0.25) is 14.9 Å². The van der Waals surface area contributed by atoms with Gasteiger partial charge in [0.15, 0.2) is 0 Å². The maximum absolute atomic E-state index is 14.6. The number of carbonyl (C=O) groups is 1. The second-order valence-corrected chi connectivity index (χ2v) is 8.62. The molecule has 2 bridgehead atoms. The van der Waals surface area contributed by atoms with Crippen LogP contribution in [0.5, 0.6) is 0 Å². The molecule has 3 atom stereocenters. The summed E-state index contributed by atoms with van der Waals surface area (Å²) in [6.07, 6.45) is 6.85. The summed E-state index contributed by atoms with van der Waals surface area (Å²) in [5.41, 5.74) is 3.41. The second kappa shape index (κ2) is 7.49. The highest BCUT2D eigenvalue weighted by molar-refractivity contribution is 5.93. The zero-order valence-corrected chi connectivity index (χ0v) is 16.2. The van der Waals surface area contributed by atoms with Crippen molar-refractivity contribution in [3.05, 3.63) is 34.6 Å². The number of fused-ring (bicyclic) bond motifs is 3. The maximum Gasteiger partial charge on any atom is 0.274 e. The van der Waals surface area contributed by atoms with E-state index in [0.717, 1.165) is 36.2 Å². The van der Waals surface area contributed by atoms with E-state index in [2.05, 4.69) is 23.8 Å². The van der Waals surface area contributed by atoms with Crippen LogP contribution in [-0.2, 0) is 13.0 Å². The number of halogens is 1. The standard InChI is InChI=1S/C21H30FN3O2/c1-3-16-10-19-15(8-14(9-20(19)22)21(26)23-27)12-25(16)11-13-6-17-4-5-18(7-13)24(17)2/h8-9,13,16-18,27H,3-7,10-12H2,1-2H3,(H,23,26)/t13?,16-,17?,18?/m1/s1. The van der Waals surface area contributed by atoms with Crippen LogP contribution in [0.2, 0.25) is 0 Å². The van der Waals surface area contributed by atoms with Gasteiger partial charge in [-0.25, -0.2) is 9.87 Å². The first kappa shape index (κ1) is 18.8. The molecule has 0 aliphatic carbocycles. The molecule has 6 heteroatoms. The molecule has 2 unspecified atom stereocenters. The lowest BCUT2D eigenvalue weighted by Gasteiger charge is -2.42. The molecule has 0 saturated carbocycles. The molecule has 1 aromatic rings. The van der Waals surface area contributed by atoms with Crippen LogP contribution >= 0.6 is 0 Å². The minimum Gasteiger partial charge on any atom is -0.300 e. The Balaban J connectivity index is 1.53. The maximum atomic E-state index is 14.6. The molecule has 0 spiro atoms. The third-order valence-electron chi connectivity index (χ3n) is 7.14. The molecule has 4 rings (SSSR count). The van der Waals surface area contributed by atoms with E-state index in [1.165, 1.54) is 31.7 Å². The molecule has 3 aliphatic heterocycles. The Kier molecular flexibility index (Phi) is 5.23. The number of hydrogen-bond donors (Lipinski definition) is 2. The van der Waals surface area contributed by atoms with E-state index in [1.54, 1.807) is 11.5 Å². The van der Waals surface area contributed by atoms with E-state index >= 15 is 0 Å². The van der Waals surface area contributed by atoms with Gasteiger partial charge in [-0.05, 0) is 74.8 Å². The predicted molar refractivity (Wildman–Crippen MR) is 101 cm³/mol. The van der Waals surface area contributed by atoms with Crippen molar-refractivity contribution in [3.63, 3.8) is 0 Å². The van der Waals surface area contributed by atoms with E-state index in [1.807, 2.05) is 0 Å². The van der Waals surface area contributed by atoms with Gasteiger partial charge >= 0.3 is 0 Å². The summed E-state index contributed by atoms with van der Waals surface area (Å²) in [4.78, 5) is 16.8. The van der Waals surface area contributed by atoms with Gasteiger partial charge in [0.25, 0.3) is 5.91 Å². The van der Waals surface area contributed by atoms with Crippen LogP contribution in [0.1, 0.15) is 60.5 Å². The lowest BCUT2D eigenvalue weighted by Crippen LogP contribution is -2.47. The minimum absolute atomic E-state index is 0.181. The monoisotopic (exact) mass is 375 g/mol. The highest BCUT2D eigenvalue weighted by Crippen LogP contribution is 2.39. The molecule has 1 amide bonds. The molecule has 27 heavy (non-hydrogen) atoms. The predicted octanol–water partition coefficient (Wildman–Crippen LogP) is 2.95. The largest absolute Gasteiger partial charge is 0.300 e. The Morgan fingerprint density at radius 3 is 2.63 bits per heavy atom. The lowest BCUT2D eigenvalue weighted by atomic mass is 9.86. The Morgan fingerprint density at radius 2 is 2.00 bits per heavy atom. The van der Waals surface area contributed by atoms with Crippen molar-refractivity contribution < 1.29 is 14.4 Å². The minimum atomic E-state index is -0.659. The van der Waals surface area contributed by atoms with Gasteiger partial charge in [0.2, 0.25) is 0 Å². The molecule has 5 nitrogen and oxygen atoms in total. The van der Waals surface area contributed by atoms with Crippen LogP contribution < -0.4 is 5.48 Å². The molecule has 2 N–H and O–H groups in total. The van der Waals surface area contributed by atoms with Gasteiger partial charge in [-0.2, -0.15) is 0 Å². The first-order chi connectivity index (χ1) is 13.0. The fourth-order valence-electron chi connectivity index (χ4n) is 5.59. The van der Waals surface area contributed by atoms with Gasteiger partial charge in [0.1, 0.15) is 5.82 Å². The van der Waals surface area contributed by atoms with E-state index < -0.39 is 5.91 Å². The van der Waals surface area contributed by atoms with Gasteiger partial charge < -0.3 is 4.90 Å². The average Bonchev–Trinajstić information content (AvgIpc) is 2.87. The molecule has 0 aromatic heterocycles. The molecular weight excluding hydrogens is 345 g/mol. The first-order valence-corrected chi connectivity index (χ1v) is 10.2. The highest BCUT2D eigenvalue weighted by atomic mass is 19.1. The summed E-state index contributed by atoms with van der Waals surface area (Å²) in [7, 11) is 2.26. The molecule has 2 saturated heterocycles. The molecule has 1 aromatic carbocycles. The van der Waals surface area contributed by atoms with Crippen molar-refractivity contribution >= 4 is 5.91 Å². The van der Waals surface area contributed by atoms with Crippen molar-refractivity contribution in [1.82, 2.24) is 15.3 Å². The van der Waals surface area contributed by atoms with Crippen LogP contribution in [0.4, 0.5) is 4.39 Å². The third-order valence-corrected chi connectivity index (χ3v) is 7.14. The Hall–Kier alpha value is -1.50. The number of piperidine rings is 1.